The summed E-state index contributed by atoms with van der Waals surface area (Å²) in [6, 6.07) is 0. The Morgan fingerprint density at radius 3 is 2.03 bits per heavy atom. The van der Waals surface area contributed by atoms with Crippen molar-refractivity contribution in [3.05, 3.63) is 24.3 Å². The van der Waals surface area contributed by atoms with E-state index in [9.17, 15) is 30.0 Å². The van der Waals surface area contributed by atoms with Crippen LogP contribution in [-0.4, -0.2) is 87.5 Å². The average Bonchev–Trinajstić information content (AvgIpc) is 2.89. The molecular weight excluding hydrogens is 484 g/mol. The second-order valence-corrected chi connectivity index (χ2v) is 9.35. The first kappa shape index (κ1) is 33.2. The van der Waals surface area contributed by atoms with Crippen molar-refractivity contribution in [1.29, 1.82) is 0 Å². The number of hydrogen-bond donors (Lipinski definition) is 5. The maximum atomic E-state index is 12.2. The van der Waals surface area contributed by atoms with Crippen LogP contribution in [0.3, 0.4) is 0 Å². The molecule has 0 amide bonds. The SMILES string of the molecule is CCCCCCCCCCCCC/C=C/C=C/C(=O)O[C@H]1[C@@H](O)[C@@H](CO)O[C@@H](O)[C@@H]1OC(=O)C(O)CO. The molecule has 0 aromatic rings. The van der Waals surface area contributed by atoms with Crippen LogP contribution < -0.4 is 0 Å². The maximum Gasteiger partial charge on any atom is 0.337 e. The van der Waals surface area contributed by atoms with Gasteiger partial charge in [-0.2, -0.15) is 0 Å². The number of carbonyl (C=O) groups excluding carboxylic acids is 2. The number of ether oxygens (including phenoxy) is 3. The fourth-order valence-corrected chi connectivity index (χ4v) is 4.01. The van der Waals surface area contributed by atoms with Crippen molar-refractivity contribution in [2.75, 3.05) is 13.2 Å². The van der Waals surface area contributed by atoms with Crippen LogP contribution in [0.4, 0.5) is 0 Å². The smallest absolute Gasteiger partial charge is 0.337 e. The molecule has 214 valence electrons. The predicted octanol–water partition coefficient (Wildman–Crippen LogP) is 2.05. The van der Waals surface area contributed by atoms with Gasteiger partial charge in [0.1, 0.15) is 12.2 Å². The lowest BCUT2D eigenvalue weighted by Gasteiger charge is -2.41. The van der Waals surface area contributed by atoms with E-state index in [0.717, 1.165) is 25.3 Å². The number of esters is 2. The Kier molecular flexibility index (Phi) is 18.1. The van der Waals surface area contributed by atoms with Crippen LogP contribution in [0.15, 0.2) is 24.3 Å². The fourth-order valence-electron chi connectivity index (χ4n) is 4.01. The third-order valence-corrected chi connectivity index (χ3v) is 6.22. The van der Waals surface area contributed by atoms with Crippen LogP contribution in [0.25, 0.3) is 0 Å². The fraction of sp³-hybridized carbons (Fsp3) is 0.778. The summed E-state index contributed by atoms with van der Waals surface area (Å²) < 4.78 is 15.0. The second-order valence-electron chi connectivity index (χ2n) is 9.35. The standard InChI is InChI=1S/C27H46O10/c1-2-3-4-5-6-7-8-9-10-11-12-13-14-15-16-17-22(31)36-24-23(32)21(19-29)35-27(34)25(24)37-26(33)20(30)18-28/h14-17,20-21,23-25,27-30,32,34H,2-13,18-19H2,1H3/b15-14+,17-16+/t20?,21-,23+,24+,25-,27-/m1/s1. The Morgan fingerprint density at radius 1 is 0.865 bits per heavy atom. The van der Waals surface area contributed by atoms with Gasteiger partial charge in [0.2, 0.25) is 0 Å². The maximum absolute atomic E-state index is 12.2. The highest BCUT2D eigenvalue weighted by Crippen LogP contribution is 2.25. The molecule has 10 heteroatoms. The van der Waals surface area contributed by atoms with E-state index in [4.69, 9.17) is 19.3 Å². The molecule has 0 radical (unpaired) electrons. The summed E-state index contributed by atoms with van der Waals surface area (Å²) >= 11 is 0. The number of carbonyl (C=O) groups is 2. The van der Waals surface area contributed by atoms with Crippen molar-refractivity contribution in [2.45, 2.75) is 121 Å². The summed E-state index contributed by atoms with van der Waals surface area (Å²) in [6.45, 7) is 0.612. The quantitative estimate of drug-likeness (QED) is 0.0723. The number of allylic oxidation sites excluding steroid dienone is 3. The molecule has 0 aromatic carbocycles. The zero-order chi connectivity index (χ0) is 27.5. The molecule has 1 saturated heterocycles. The first-order valence-electron chi connectivity index (χ1n) is 13.5. The predicted molar refractivity (Wildman–Crippen MR) is 136 cm³/mol. The second kappa shape index (κ2) is 20.2. The first-order valence-corrected chi connectivity index (χ1v) is 13.5. The lowest BCUT2D eigenvalue weighted by molar-refractivity contribution is -0.294. The Morgan fingerprint density at radius 2 is 1.46 bits per heavy atom. The largest absolute Gasteiger partial charge is 0.452 e. The number of aliphatic hydroxyl groups is 5. The van der Waals surface area contributed by atoms with Crippen molar-refractivity contribution in [3.63, 3.8) is 0 Å². The van der Waals surface area contributed by atoms with Crippen molar-refractivity contribution in [2.24, 2.45) is 0 Å². The van der Waals surface area contributed by atoms with Gasteiger partial charge < -0.3 is 39.7 Å². The summed E-state index contributed by atoms with van der Waals surface area (Å²) in [6.07, 6.45) is 11.2. The summed E-state index contributed by atoms with van der Waals surface area (Å²) in [5.74, 6) is -2.18. The van der Waals surface area contributed by atoms with Crippen LogP contribution in [0.2, 0.25) is 0 Å². The molecule has 10 nitrogen and oxygen atoms in total. The Hall–Kier alpha value is -1.82. The highest BCUT2D eigenvalue weighted by molar-refractivity contribution is 5.82. The number of rotatable bonds is 19. The van der Waals surface area contributed by atoms with E-state index in [1.165, 1.54) is 63.9 Å². The summed E-state index contributed by atoms with van der Waals surface area (Å²) in [4.78, 5) is 24.1. The molecule has 0 bridgehead atoms. The zero-order valence-electron chi connectivity index (χ0n) is 22.0. The van der Waals surface area contributed by atoms with E-state index in [1.807, 2.05) is 6.08 Å². The molecule has 1 rings (SSSR count). The normalized spacial score (nSPS) is 25.0. The number of hydrogen-bond acceptors (Lipinski definition) is 10. The van der Waals surface area contributed by atoms with E-state index in [1.54, 1.807) is 6.08 Å². The van der Waals surface area contributed by atoms with Crippen molar-refractivity contribution in [1.82, 2.24) is 0 Å². The minimum Gasteiger partial charge on any atom is -0.452 e. The van der Waals surface area contributed by atoms with Gasteiger partial charge in [-0.15, -0.1) is 0 Å². The van der Waals surface area contributed by atoms with Gasteiger partial charge in [0.15, 0.2) is 24.6 Å². The van der Waals surface area contributed by atoms with Gasteiger partial charge in [-0.05, 0) is 12.8 Å². The molecule has 1 unspecified atom stereocenters. The van der Waals surface area contributed by atoms with Gasteiger partial charge in [0.25, 0.3) is 0 Å². The molecule has 0 aromatic heterocycles. The third-order valence-electron chi connectivity index (χ3n) is 6.22. The van der Waals surface area contributed by atoms with Crippen molar-refractivity contribution < 1.29 is 49.3 Å². The Labute approximate surface area is 219 Å². The lowest BCUT2D eigenvalue weighted by atomic mass is 9.98. The topological polar surface area (TPSA) is 163 Å². The monoisotopic (exact) mass is 530 g/mol. The van der Waals surface area contributed by atoms with Crippen molar-refractivity contribution >= 4 is 11.9 Å². The van der Waals surface area contributed by atoms with Gasteiger partial charge in [-0.1, -0.05) is 89.4 Å². The van der Waals surface area contributed by atoms with E-state index < -0.39 is 62.0 Å². The van der Waals surface area contributed by atoms with Crippen LogP contribution in [0.1, 0.15) is 84.0 Å². The summed E-state index contributed by atoms with van der Waals surface area (Å²) in [5, 5.41) is 48.1. The van der Waals surface area contributed by atoms with E-state index in [2.05, 4.69) is 6.92 Å². The molecule has 1 aliphatic rings. The van der Waals surface area contributed by atoms with E-state index in [0.29, 0.717) is 0 Å². The molecule has 0 aliphatic carbocycles. The number of unbranched alkanes of at least 4 members (excludes halogenated alkanes) is 11. The van der Waals surface area contributed by atoms with Gasteiger partial charge >= 0.3 is 11.9 Å². The highest BCUT2D eigenvalue weighted by atomic mass is 16.7. The van der Waals surface area contributed by atoms with Gasteiger partial charge in [0.05, 0.1) is 13.2 Å². The van der Waals surface area contributed by atoms with Gasteiger partial charge in [-0.3, -0.25) is 0 Å². The van der Waals surface area contributed by atoms with Crippen LogP contribution in [0.5, 0.6) is 0 Å². The van der Waals surface area contributed by atoms with Crippen LogP contribution >= 0.6 is 0 Å². The zero-order valence-corrected chi connectivity index (χ0v) is 22.0. The molecule has 1 fully saturated rings. The average molecular weight is 531 g/mol. The van der Waals surface area contributed by atoms with E-state index >= 15 is 0 Å². The van der Waals surface area contributed by atoms with Crippen LogP contribution in [-0.2, 0) is 23.8 Å². The van der Waals surface area contributed by atoms with Gasteiger partial charge in [0, 0.05) is 6.08 Å². The van der Waals surface area contributed by atoms with Gasteiger partial charge in [-0.25, -0.2) is 9.59 Å². The first-order chi connectivity index (χ1) is 17.8. The molecule has 5 N–H and O–H groups in total. The molecule has 0 saturated carbocycles. The summed E-state index contributed by atoms with van der Waals surface area (Å²) in [5.41, 5.74) is 0. The van der Waals surface area contributed by atoms with Crippen LogP contribution in [0, 0.1) is 0 Å². The lowest BCUT2D eigenvalue weighted by Crippen LogP contribution is -2.61. The number of aliphatic hydroxyl groups excluding tert-OH is 5. The third kappa shape index (κ3) is 13.5. The minimum atomic E-state index is -1.89. The molecule has 6 atom stereocenters. The molecular formula is C27H46O10. The summed E-state index contributed by atoms with van der Waals surface area (Å²) in [7, 11) is 0. The molecule has 1 heterocycles. The molecule has 0 spiro atoms. The molecule has 1 aliphatic heterocycles. The Balaban J connectivity index is 2.38. The Bertz CT molecular complexity index is 680. The molecule has 37 heavy (non-hydrogen) atoms. The van der Waals surface area contributed by atoms with E-state index in [-0.39, 0.29) is 0 Å². The minimum absolute atomic E-state index is 0.691. The van der Waals surface area contributed by atoms with Crippen molar-refractivity contribution in [3.8, 4) is 0 Å². The highest BCUT2D eigenvalue weighted by Gasteiger charge is 2.49.